The van der Waals surface area contributed by atoms with Gasteiger partial charge < -0.3 is 23.9 Å². The molecule has 1 aromatic carbocycles. The van der Waals surface area contributed by atoms with Crippen molar-refractivity contribution in [2.45, 2.75) is 57.5 Å². The number of amides is 1. The van der Waals surface area contributed by atoms with Crippen LogP contribution in [0.2, 0.25) is 18.1 Å². The second-order valence-corrected chi connectivity index (χ2v) is 13.8. The summed E-state index contributed by atoms with van der Waals surface area (Å²) in [4.78, 5) is 25.7. The molecule has 0 bridgehead atoms. The fourth-order valence-corrected chi connectivity index (χ4v) is 4.17. The third-order valence-electron chi connectivity index (χ3n) is 6.12. The Morgan fingerprint density at radius 1 is 1.27 bits per heavy atom. The minimum absolute atomic E-state index is 0.0203. The molecule has 10 heteroatoms. The van der Waals surface area contributed by atoms with E-state index in [0.717, 1.165) is 0 Å². The van der Waals surface area contributed by atoms with Gasteiger partial charge in [-0.2, -0.15) is 0 Å². The molecule has 1 heterocycles. The highest BCUT2D eigenvalue weighted by Crippen LogP contribution is 2.38. The van der Waals surface area contributed by atoms with Gasteiger partial charge in [0.15, 0.2) is 19.8 Å². The number of aliphatic hydroxyl groups excluding tert-OH is 1. The van der Waals surface area contributed by atoms with Crippen LogP contribution in [-0.4, -0.2) is 68.7 Å². The third kappa shape index (κ3) is 4.76. The summed E-state index contributed by atoms with van der Waals surface area (Å²) < 4.78 is 16.6. The first-order valence-corrected chi connectivity index (χ1v) is 12.8. The van der Waals surface area contributed by atoms with Gasteiger partial charge in [0.05, 0.1) is 44.0 Å². The molecule has 1 N–H and O–H groups in total. The Balaban J connectivity index is 2.36. The lowest BCUT2D eigenvalue weighted by atomic mass is 10.1. The second kappa shape index (κ2) is 8.91. The van der Waals surface area contributed by atoms with Crippen molar-refractivity contribution in [3.05, 3.63) is 27.8 Å². The Morgan fingerprint density at radius 2 is 1.83 bits per heavy atom. The average Bonchev–Trinajstić information content (AvgIpc) is 3.04. The predicted molar refractivity (Wildman–Crippen MR) is 115 cm³/mol. The number of nitro benzene ring substituents is 1. The molecule has 2 atom stereocenters. The lowest BCUT2D eigenvalue weighted by Crippen LogP contribution is -2.48. The molecule has 1 aromatic rings. The largest absolute Gasteiger partial charge is 0.493 e. The molecule has 2 rings (SSSR count). The van der Waals surface area contributed by atoms with E-state index in [0.29, 0.717) is 6.42 Å². The van der Waals surface area contributed by atoms with Crippen molar-refractivity contribution in [3.8, 4) is 11.5 Å². The van der Waals surface area contributed by atoms with Crippen molar-refractivity contribution in [3.63, 3.8) is 0 Å². The van der Waals surface area contributed by atoms with Crippen molar-refractivity contribution >= 4 is 19.9 Å². The van der Waals surface area contributed by atoms with Crippen molar-refractivity contribution in [1.82, 2.24) is 4.90 Å². The molecular formula is C20H32N2O7Si. The number of nitro groups is 1. The van der Waals surface area contributed by atoms with Crippen LogP contribution < -0.4 is 9.47 Å². The van der Waals surface area contributed by atoms with Crippen molar-refractivity contribution in [1.29, 1.82) is 0 Å². The summed E-state index contributed by atoms with van der Waals surface area (Å²) in [5.41, 5.74) is -0.479. The number of carbonyl (C=O) groups excluding carboxylic acids is 1. The minimum Gasteiger partial charge on any atom is -0.493 e. The van der Waals surface area contributed by atoms with E-state index in [4.69, 9.17) is 13.9 Å². The zero-order chi connectivity index (χ0) is 22.9. The molecule has 1 fully saturated rings. The van der Waals surface area contributed by atoms with Crippen LogP contribution in [0.5, 0.6) is 11.5 Å². The molecule has 30 heavy (non-hydrogen) atoms. The molecule has 1 aliphatic heterocycles. The highest BCUT2D eigenvalue weighted by molar-refractivity contribution is 6.74. The smallest absolute Gasteiger partial charge is 0.286 e. The van der Waals surface area contributed by atoms with Gasteiger partial charge in [0.25, 0.3) is 11.6 Å². The average molecular weight is 441 g/mol. The molecule has 9 nitrogen and oxygen atoms in total. The Labute approximate surface area is 178 Å². The number of nitrogens with zero attached hydrogens (tertiary/aromatic N) is 2. The normalized spacial score (nSPS) is 19.7. The molecular weight excluding hydrogens is 408 g/mol. The van der Waals surface area contributed by atoms with Gasteiger partial charge in [-0.1, -0.05) is 20.8 Å². The number of ether oxygens (including phenoxy) is 2. The van der Waals surface area contributed by atoms with Gasteiger partial charge in [-0.05, 0) is 24.6 Å². The van der Waals surface area contributed by atoms with Crippen LogP contribution in [0.1, 0.15) is 37.6 Å². The molecule has 1 amide bonds. The number of rotatable bonds is 7. The highest BCUT2D eigenvalue weighted by atomic mass is 28.4. The van der Waals surface area contributed by atoms with Crippen LogP contribution in [0.15, 0.2) is 12.1 Å². The van der Waals surface area contributed by atoms with Gasteiger partial charge in [-0.3, -0.25) is 14.9 Å². The van der Waals surface area contributed by atoms with Gasteiger partial charge >= 0.3 is 0 Å². The van der Waals surface area contributed by atoms with Gasteiger partial charge in [0, 0.05) is 12.6 Å². The van der Waals surface area contributed by atoms with Crippen LogP contribution in [0.3, 0.4) is 0 Å². The van der Waals surface area contributed by atoms with Crippen LogP contribution in [0.4, 0.5) is 5.69 Å². The second-order valence-electron chi connectivity index (χ2n) is 8.97. The van der Waals surface area contributed by atoms with Crippen LogP contribution in [0, 0.1) is 10.1 Å². The van der Waals surface area contributed by atoms with Crippen LogP contribution in [-0.2, 0) is 4.43 Å². The van der Waals surface area contributed by atoms with Gasteiger partial charge in [-0.25, -0.2) is 0 Å². The van der Waals surface area contributed by atoms with E-state index in [1.165, 1.54) is 31.3 Å². The van der Waals surface area contributed by atoms with E-state index in [1.807, 2.05) is 0 Å². The Hall–Kier alpha value is -2.17. The first kappa shape index (κ1) is 24.1. The number of aliphatic hydroxyl groups is 1. The molecule has 168 valence electrons. The maximum Gasteiger partial charge on any atom is 0.286 e. The number of likely N-dealkylation sites (tertiary alicyclic amines) is 1. The first-order valence-electron chi connectivity index (χ1n) is 9.87. The summed E-state index contributed by atoms with van der Waals surface area (Å²) >= 11 is 0. The van der Waals surface area contributed by atoms with E-state index in [1.54, 1.807) is 0 Å². The maximum atomic E-state index is 13.3. The van der Waals surface area contributed by atoms with E-state index < -0.39 is 31.3 Å². The van der Waals surface area contributed by atoms with E-state index in [2.05, 4.69) is 33.9 Å². The number of hydrogen-bond acceptors (Lipinski definition) is 7. The summed E-state index contributed by atoms with van der Waals surface area (Å²) in [7, 11) is 0.670. The van der Waals surface area contributed by atoms with Gasteiger partial charge in [0.2, 0.25) is 0 Å². The fraction of sp³-hybridized carbons (Fsp3) is 0.650. The van der Waals surface area contributed by atoms with Gasteiger partial charge in [0.1, 0.15) is 5.56 Å². The number of hydrogen-bond donors (Lipinski definition) is 1. The number of methoxy groups -OCH3 is 2. The molecule has 0 unspecified atom stereocenters. The Bertz CT molecular complexity index is 807. The standard InChI is InChI=1S/C20H32N2O7Si/c1-20(2,3)30(6,7)29-12-15-16(23)8-9-21(15)19(24)13-10-17(27-4)18(28-5)11-14(13)22(25)26/h10-11,15-16,23H,8-9,12H2,1-7H3/t15-,16+/m1/s1. The van der Waals surface area contributed by atoms with E-state index in [-0.39, 0.29) is 40.9 Å². The Morgan fingerprint density at radius 3 is 2.33 bits per heavy atom. The zero-order valence-electron chi connectivity index (χ0n) is 18.7. The number of benzene rings is 1. The first-order chi connectivity index (χ1) is 13.8. The minimum atomic E-state index is -2.10. The highest BCUT2D eigenvalue weighted by Gasteiger charge is 2.42. The molecule has 0 spiro atoms. The quantitative estimate of drug-likeness (QED) is 0.394. The lowest BCUT2D eigenvalue weighted by molar-refractivity contribution is -0.385. The topological polar surface area (TPSA) is 111 Å². The van der Waals surface area contributed by atoms with Gasteiger partial charge in [-0.15, -0.1) is 0 Å². The predicted octanol–water partition coefficient (Wildman–Crippen LogP) is 3.21. The molecule has 0 saturated carbocycles. The molecule has 0 aliphatic carbocycles. The zero-order valence-corrected chi connectivity index (χ0v) is 19.7. The summed E-state index contributed by atoms with van der Waals surface area (Å²) in [5, 5.41) is 22.1. The number of carbonyl (C=O) groups is 1. The van der Waals surface area contributed by atoms with E-state index >= 15 is 0 Å². The van der Waals surface area contributed by atoms with Crippen molar-refractivity contribution in [2.75, 3.05) is 27.4 Å². The maximum absolute atomic E-state index is 13.3. The fourth-order valence-electron chi connectivity index (χ4n) is 3.15. The summed E-state index contributed by atoms with van der Waals surface area (Å²) in [6.45, 7) is 11.0. The summed E-state index contributed by atoms with van der Waals surface area (Å²) in [6, 6.07) is 1.93. The summed E-state index contributed by atoms with van der Waals surface area (Å²) in [5.74, 6) is -0.150. The third-order valence-corrected chi connectivity index (χ3v) is 10.6. The van der Waals surface area contributed by atoms with Crippen LogP contribution in [0.25, 0.3) is 0 Å². The SMILES string of the molecule is COc1cc(C(=O)N2CC[C@H](O)[C@H]2CO[Si](C)(C)C(C)(C)C)c([N+](=O)[O-])cc1OC. The molecule has 0 radical (unpaired) electrons. The molecule has 1 saturated heterocycles. The monoisotopic (exact) mass is 440 g/mol. The van der Waals surface area contributed by atoms with Crippen molar-refractivity contribution in [2.24, 2.45) is 0 Å². The molecule has 0 aromatic heterocycles. The van der Waals surface area contributed by atoms with E-state index in [9.17, 15) is 20.0 Å². The summed E-state index contributed by atoms with van der Waals surface area (Å²) in [6.07, 6.45) is -0.365. The van der Waals surface area contributed by atoms with Crippen LogP contribution >= 0.6 is 0 Å². The molecule has 1 aliphatic rings. The lowest BCUT2D eigenvalue weighted by Gasteiger charge is -2.38. The van der Waals surface area contributed by atoms with Crippen molar-refractivity contribution < 1.29 is 28.7 Å². The Kier molecular flexibility index (Phi) is 7.15.